The summed E-state index contributed by atoms with van der Waals surface area (Å²) in [7, 11) is 0. The summed E-state index contributed by atoms with van der Waals surface area (Å²) in [6.07, 6.45) is 1.98. The van der Waals surface area contributed by atoms with E-state index in [1.165, 1.54) is 6.92 Å². The van der Waals surface area contributed by atoms with Gasteiger partial charge in [-0.1, -0.05) is 12.1 Å². The maximum absolute atomic E-state index is 12.4. The molecule has 0 aliphatic heterocycles. The summed E-state index contributed by atoms with van der Waals surface area (Å²) in [5.74, 6) is -0.224. The highest BCUT2D eigenvalue weighted by atomic mass is 32.2. The van der Waals surface area contributed by atoms with E-state index in [1.807, 2.05) is 42.7 Å². The van der Waals surface area contributed by atoms with Crippen LogP contribution in [0.2, 0.25) is 0 Å². The lowest BCUT2D eigenvalue weighted by Gasteiger charge is -2.17. The average molecular weight is 343 g/mol. The molecule has 0 saturated heterocycles. The van der Waals surface area contributed by atoms with E-state index >= 15 is 0 Å². The van der Waals surface area contributed by atoms with Crippen LogP contribution >= 0.6 is 11.8 Å². The molecule has 2 aromatic carbocycles. The summed E-state index contributed by atoms with van der Waals surface area (Å²) >= 11 is 1.59. The van der Waals surface area contributed by atoms with Crippen LogP contribution in [0.25, 0.3) is 0 Å². The van der Waals surface area contributed by atoms with Gasteiger partial charge in [-0.3, -0.25) is 9.59 Å². The van der Waals surface area contributed by atoms with E-state index in [4.69, 9.17) is 0 Å². The molecule has 0 fully saturated rings. The number of amides is 2. The van der Waals surface area contributed by atoms with E-state index in [9.17, 15) is 9.59 Å². The predicted molar refractivity (Wildman–Crippen MR) is 101 cm³/mol. The minimum absolute atomic E-state index is 0.109. The van der Waals surface area contributed by atoms with Crippen molar-refractivity contribution in [2.24, 2.45) is 0 Å². The molecule has 0 radical (unpaired) electrons. The summed E-state index contributed by atoms with van der Waals surface area (Å²) in [6.45, 7) is 3.27. The van der Waals surface area contributed by atoms with Gasteiger partial charge in [-0.25, -0.2) is 0 Å². The summed E-state index contributed by atoms with van der Waals surface area (Å²) in [6, 6.07) is 14.5. The standard InChI is InChI=1S/C18H21N3O2S/c1-12(18(23)21-16-6-4-5-7-17(16)24-3)19-14-8-10-15(11-9-14)20-13(2)22/h4-12,19H,1-3H3,(H,20,22)(H,21,23)/t12-/m1/s1. The predicted octanol–water partition coefficient (Wildman–Crippen LogP) is 3.81. The summed E-state index contributed by atoms with van der Waals surface area (Å²) in [4.78, 5) is 24.4. The number of hydrogen-bond donors (Lipinski definition) is 3. The molecule has 0 bridgehead atoms. The maximum atomic E-state index is 12.4. The lowest BCUT2D eigenvalue weighted by Crippen LogP contribution is -2.32. The summed E-state index contributed by atoms with van der Waals surface area (Å²) < 4.78 is 0. The molecule has 2 amide bonds. The molecule has 0 aliphatic carbocycles. The lowest BCUT2D eigenvalue weighted by molar-refractivity contribution is -0.116. The average Bonchev–Trinajstić information content (AvgIpc) is 2.56. The summed E-state index contributed by atoms with van der Waals surface area (Å²) in [5, 5.41) is 8.79. The number of para-hydroxylation sites is 1. The van der Waals surface area contributed by atoms with E-state index in [0.29, 0.717) is 0 Å². The Hall–Kier alpha value is -2.47. The van der Waals surface area contributed by atoms with Crippen molar-refractivity contribution in [2.75, 3.05) is 22.2 Å². The second kappa shape index (κ2) is 8.40. The molecule has 0 spiro atoms. The molecule has 0 unspecified atom stereocenters. The van der Waals surface area contributed by atoms with Crippen molar-refractivity contribution in [1.82, 2.24) is 0 Å². The Bertz CT molecular complexity index is 716. The molecule has 2 aromatic rings. The van der Waals surface area contributed by atoms with Crippen molar-refractivity contribution in [1.29, 1.82) is 0 Å². The molecule has 1 atom stereocenters. The number of hydrogen-bond acceptors (Lipinski definition) is 4. The second-order valence-electron chi connectivity index (χ2n) is 5.31. The van der Waals surface area contributed by atoms with Gasteiger partial charge in [0.1, 0.15) is 6.04 Å². The van der Waals surface area contributed by atoms with E-state index in [0.717, 1.165) is 22.0 Å². The molecule has 2 rings (SSSR count). The Morgan fingerprint density at radius 1 is 0.958 bits per heavy atom. The Morgan fingerprint density at radius 3 is 2.21 bits per heavy atom. The van der Waals surface area contributed by atoms with Crippen molar-refractivity contribution < 1.29 is 9.59 Å². The fourth-order valence-electron chi connectivity index (χ4n) is 2.16. The van der Waals surface area contributed by atoms with Gasteiger partial charge in [0, 0.05) is 23.2 Å². The molecule has 0 aromatic heterocycles. The molecule has 0 aliphatic rings. The van der Waals surface area contributed by atoms with Gasteiger partial charge in [0.15, 0.2) is 0 Å². The monoisotopic (exact) mass is 343 g/mol. The van der Waals surface area contributed by atoms with Gasteiger partial charge in [-0.15, -0.1) is 11.8 Å². The number of nitrogens with one attached hydrogen (secondary N) is 3. The highest BCUT2D eigenvalue weighted by Gasteiger charge is 2.14. The Kier molecular flexibility index (Phi) is 6.26. The topological polar surface area (TPSA) is 70.2 Å². The van der Waals surface area contributed by atoms with Crippen LogP contribution in [0.5, 0.6) is 0 Å². The third-order valence-corrected chi connectivity index (χ3v) is 4.14. The number of benzene rings is 2. The first kappa shape index (κ1) is 17.9. The normalized spacial score (nSPS) is 11.5. The van der Waals surface area contributed by atoms with Crippen LogP contribution in [0.3, 0.4) is 0 Å². The molecule has 24 heavy (non-hydrogen) atoms. The smallest absolute Gasteiger partial charge is 0.246 e. The van der Waals surface area contributed by atoms with Crippen LogP contribution in [0.1, 0.15) is 13.8 Å². The number of rotatable bonds is 6. The highest BCUT2D eigenvalue weighted by molar-refractivity contribution is 7.98. The fraction of sp³-hybridized carbons (Fsp3) is 0.222. The van der Waals surface area contributed by atoms with Gasteiger partial charge in [-0.05, 0) is 49.6 Å². The quantitative estimate of drug-likeness (QED) is 0.698. The zero-order valence-corrected chi connectivity index (χ0v) is 14.7. The van der Waals surface area contributed by atoms with Crippen molar-refractivity contribution in [3.05, 3.63) is 48.5 Å². The molecule has 6 heteroatoms. The Morgan fingerprint density at radius 2 is 1.58 bits per heavy atom. The van der Waals surface area contributed by atoms with Crippen LogP contribution in [-0.4, -0.2) is 24.1 Å². The van der Waals surface area contributed by atoms with E-state index in [1.54, 1.807) is 30.8 Å². The summed E-state index contributed by atoms with van der Waals surface area (Å²) in [5.41, 5.74) is 2.34. The molecule has 0 heterocycles. The third kappa shape index (κ3) is 5.03. The van der Waals surface area contributed by atoms with Crippen LogP contribution < -0.4 is 16.0 Å². The van der Waals surface area contributed by atoms with Crippen molar-refractivity contribution in [3.63, 3.8) is 0 Å². The first-order valence-electron chi connectivity index (χ1n) is 7.57. The number of carbonyl (C=O) groups is 2. The minimum atomic E-state index is -0.397. The number of carbonyl (C=O) groups excluding carboxylic acids is 2. The molecule has 0 saturated carbocycles. The largest absolute Gasteiger partial charge is 0.374 e. The van der Waals surface area contributed by atoms with Gasteiger partial charge in [0.25, 0.3) is 0 Å². The van der Waals surface area contributed by atoms with Crippen molar-refractivity contribution >= 4 is 40.6 Å². The van der Waals surface area contributed by atoms with E-state index in [2.05, 4.69) is 16.0 Å². The van der Waals surface area contributed by atoms with Gasteiger partial charge in [-0.2, -0.15) is 0 Å². The van der Waals surface area contributed by atoms with Crippen LogP contribution in [0.15, 0.2) is 53.4 Å². The van der Waals surface area contributed by atoms with Crippen molar-refractivity contribution in [3.8, 4) is 0 Å². The zero-order valence-electron chi connectivity index (χ0n) is 13.9. The molecular formula is C18H21N3O2S. The maximum Gasteiger partial charge on any atom is 0.246 e. The first-order chi connectivity index (χ1) is 11.5. The highest BCUT2D eigenvalue weighted by Crippen LogP contribution is 2.24. The molecule has 5 nitrogen and oxygen atoms in total. The van der Waals surface area contributed by atoms with Gasteiger partial charge in [0.05, 0.1) is 5.69 Å². The molecule has 3 N–H and O–H groups in total. The zero-order chi connectivity index (χ0) is 17.5. The van der Waals surface area contributed by atoms with Gasteiger partial charge < -0.3 is 16.0 Å². The van der Waals surface area contributed by atoms with E-state index < -0.39 is 6.04 Å². The molecule has 126 valence electrons. The number of thioether (sulfide) groups is 1. The van der Waals surface area contributed by atoms with Crippen LogP contribution in [0.4, 0.5) is 17.1 Å². The van der Waals surface area contributed by atoms with Crippen molar-refractivity contribution in [2.45, 2.75) is 24.8 Å². The molecular weight excluding hydrogens is 322 g/mol. The third-order valence-electron chi connectivity index (χ3n) is 3.35. The lowest BCUT2D eigenvalue weighted by atomic mass is 10.2. The van der Waals surface area contributed by atoms with Gasteiger partial charge >= 0.3 is 0 Å². The van der Waals surface area contributed by atoms with Gasteiger partial charge in [0.2, 0.25) is 11.8 Å². The van der Waals surface area contributed by atoms with Crippen LogP contribution in [0, 0.1) is 0 Å². The second-order valence-corrected chi connectivity index (χ2v) is 6.16. The van der Waals surface area contributed by atoms with E-state index in [-0.39, 0.29) is 11.8 Å². The Labute approximate surface area is 146 Å². The number of anilines is 3. The minimum Gasteiger partial charge on any atom is -0.374 e. The first-order valence-corrected chi connectivity index (χ1v) is 8.80. The SMILES string of the molecule is CSc1ccccc1NC(=O)[C@@H](C)Nc1ccc(NC(C)=O)cc1. The fourth-order valence-corrected chi connectivity index (χ4v) is 2.71. The van der Waals surface area contributed by atoms with Crippen LogP contribution in [-0.2, 0) is 9.59 Å². The Balaban J connectivity index is 1.97.